The summed E-state index contributed by atoms with van der Waals surface area (Å²) in [5.41, 5.74) is 2.91. The molecule has 0 spiro atoms. The van der Waals surface area contributed by atoms with Crippen molar-refractivity contribution in [1.29, 1.82) is 0 Å². The first-order valence-electron chi connectivity index (χ1n) is 7.86. The Morgan fingerprint density at radius 2 is 1.96 bits per heavy atom. The van der Waals surface area contributed by atoms with E-state index >= 15 is 0 Å². The summed E-state index contributed by atoms with van der Waals surface area (Å²) >= 11 is 0. The van der Waals surface area contributed by atoms with Gasteiger partial charge in [-0.15, -0.1) is 0 Å². The number of rotatable bonds is 3. The van der Waals surface area contributed by atoms with E-state index in [9.17, 15) is 9.59 Å². The number of nitrogens with zero attached hydrogens (tertiary/aromatic N) is 2. The van der Waals surface area contributed by atoms with E-state index in [1.54, 1.807) is 6.07 Å². The van der Waals surface area contributed by atoms with Crippen LogP contribution in [0, 0.1) is 12.8 Å². The van der Waals surface area contributed by atoms with Gasteiger partial charge in [-0.05, 0) is 31.0 Å². The van der Waals surface area contributed by atoms with E-state index in [4.69, 9.17) is 5.11 Å². The van der Waals surface area contributed by atoms with E-state index < -0.39 is 11.9 Å². The second-order valence-corrected chi connectivity index (χ2v) is 5.90. The summed E-state index contributed by atoms with van der Waals surface area (Å²) in [5, 5.41) is 11.8. The van der Waals surface area contributed by atoms with Gasteiger partial charge in [-0.2, -0.15) is 0 Å². The lowest BCUT2D eigenvalue weighted by atomic mass is 10.0. The SMILES string of the molecule is Cc1nc(NC(=O)N2CCC(C(=O)O)C2)ccc1-c1ccccc1. The van der Waals surface area contributed by atoms with E-state index in [0.29, 0.717) is 18.8 Å². The lowest BCUT2D eigenvalue weighted by molar-refractivity contribution is -0.141. The van der Waals surface area contributed by atoms with Crippen molar-refractivity contribution in [2.24, 2.45) is 5.92 Å². The highest BCUT2D eigenvalue weighted by atomic mass is 16.4. The van der Waals surface area contributed by atoms with Gasteiger partial charge in [-0.1, -0.05) is 30.3 Å². The van der Waals surface area contributed by atoms with Crippen LogP contribution in [0.3, 0.4) is 0 Å². The second-order valence-electron chi connectivity index (χ2n) is 5.90. The first kappa shape index (κ1) is 16.0. The van der Waals surface area contributed by atoms with Gasteiger partial charge in [-0.25, -0.2) is 9.78 Å². The quantitative estimate of drug-likeness (QED) is 0.909. The van der Waals surface area contributed by atoms with Crippen molar-refractivity contribution >= 4 is 17.8 Å². The van der Waals surface area contributed by atoms with Gasteiger partial charge in [-0.3, -0.25) is 10.1 Å². The number of carbonyl (C=O) groups excluding carboxylic acids is 1. The maximum Gasteiger partial charge on any atom is 0.323 e. The lowest BCUT2D eigenvalue weighted by Gasteiger charge is -2.17. The molecule has 1 atom stereocenters. The monoisotopic (exact) mass is 325 g/mol. The van der Waals surface area contributed by atoms with Crippen molar-refractivity contribution in [3.05, 3.63) is 48.2 Å². The third-order valence-corrected chi connectivity index (χ3v) is 4.23. The number of benzene rings is 1. The van der Waals surface area contributed by atoms with Crippen LogP contribution in [0.2, 0.25) is 0 Å². The van der Waals surface area contributed by atoms with Crippen LogP contribution in [0.5, 0.6) is 0 Å². The zero-order valence-corrected chi connectivity index (χ0v) is 13.4. The Morgan fingerprint density at radius 3 is 2.58 bits per heavy atom. The molecule has 0 saturated carbocycles. The molecule has 1 fully saturated rings. The molecule has 1 aliphatic rings. The molecule has 2 aromatic rings. The largest absolute Gasteiger partial charge is 0.481 e. The van der Waals surface area contributed by atoms with Crippen LogP contribution < -0.4 is 5.32 Å². The van der Waals surface area contributed by atoms with Crippen LogP contribution in [-0.4, -0.2) is 40.1 Å². The third kappa shape index (κ3) is 3.37. The second kappa shape index (κ2) is 6.70. The number of carboxylic acids is 1. The van der Waals surface area contributed by atoms with Gasteiger partial charge in [0.1, 0.15) is 5.82 Å². The van der Waals surface area contributed by atoms with Crippen molar-refractivity contribution in [2.45, 2.75) is 13.3 Å². The summed E-state index contributed by atoms with van der Waals surface area (Å²) < 4.78 is 0. The molecular formula is C18H19N3O3. The van der Waals surface area contributed by atoms with Crippen LogP contribution in [-0.2, 0) is 4.79 Å². The molecule has 0 aliphatic carbocycles. The van der Waals surface area contributed by atoms with Crippen LogP contribution in [0.1, 0.15) is 12.1 Å². The van der Waals surface area contributed by atoms with Gasteiger partial charge in [0.05, 0.1) is 5.92 Å². The number of hydrogen-bond donors (Lipinski definition) is 2. The van der Waals surface area contributed by atoms with Crippen LogP contribution >= 0.6 is 0 Å². The maximum absolute atomic E-state index is 12.2. The highest BCUT2D eigenvalue weighted by Gasteiger charge is 2.30. The minimum absolute atomic E-state index is 0.238. The maximum atomic E-state index is 12.2. The number of aliphatic carboxylic acids is 1. The number of aryl methyl sites for hydroxylation is 1. The molecule has 124 valence electrons. The van der Waals surface area contributed by atoms with Gasteiger partial charge in [0.2, 0.25) is 0 Å². The first-order valence-corrected chi connectivity index (χ1v) is 7.86. The number of hydrogen-bond acceptors (Lipinski definition) is 3. The summed E-state index contributed by atoms with van der Waals surface area (Å²) in [4.78, 5) is 29.2. The predicted molar refractivity (Wildman–Crippen MR) is 90.7 cm³/mol. The Morgan fingerprint density at radius 1 is 1.21 bits per heavy atom. The van der Waals surface area contributed by atoms with Gasteiger partial charge in [0, 0.05) is 24.3 Å². The average molecular weight is 325 g/mol. The highest BCUT2D eigenvalue weighted by Crippen LogP contribution is 2.24. The molecule has 1 aromatic carbocycles. The van der Waals surface area contributed by atoms with Crippen molar-refractivity contribution in [3.8, 4) is 11.1 Å². The highest BCUT2D eigenvalue weighted by molar-refractivity contribution is 5.89. The zero-order valence-electron chi connectivity index (χ0n) is 13.4. The number of anilines is 1. The molecule has 2 N–H and O–H groups in total. The smallest absolute Gasteiger partial charge is 0.323 e. The summed E-state index contributed by atoms with van der Waals surface area (Å²) in [6.07, 6.45) is 0.488. The number of likely N-dealkylation sites (tertiary alicyclic amines) is 1. The fourth-order valence-corrected chi connectivity index (χ4v) is 2.89. The Kier molecular flexibility index (Phi) is 4.46. The Bertz CT molecular complexity index is 761. The Labute approximate surface area is 140 Å². The lowest BCUT2D eigenvalue weighted by Crippen LogP contribution is -2.34. The van der Waals surface area contributed by atoms with Crippen LogP contribution in [0.4, 0.5) is 10.6 Å². The molecule has 0 radical (unpaired) electrons. The molecule has 0 bridgehead atoms. The standard InChI is InChI=1S/C18H19N3O3/c1-12-15(13-5-3-2-4-6-13)7-8-16(19-12)20-18(24)21-10-9-14(11-21)17(22)23/h2-8,14H,9-11H2,1H3,(H,22,23)(H,19,20,24). The fourth-order valence-electron chi connectivity index (χ4n) is 2.89. The molecule has 1 aliphatic heterocycles. The Balaban J connectivity index is 1.69. The zero-order chi connectivity index (χ0) is 17.1. The number of aromatic nitrogens is 1. The average Bonchev–Trinajstić information content (AvgIpc) is 3.06. The van der Waals surface area contributed by atoms with Crippen LogP contribution in [0.15, 0.2) is 42.5 Å². The molecule has 6 nitrogen and oxygen atoms in total. The molecule has 1 unspecified atom stereocenters. The van der Waals surface area contributed by atoms with E-state index in [1.165, 1.54) is 4.90 Å². The van der Waals surface area contributed by atoms with E-state index in [-0.39, 0.29) is 12.6 Å². The molecule has 1 saturated heterocycles. The fraction of sp³-hybridized carbons (Fsp3) is 0.278. The number of nitrogens with one attached hydrogen (secondary N) is 1. The summed E-state index contributed by atoms with van der Waals surface area (Å²) in [6, 6.07) is 13.3. The third-order valence-electron chi connectivity index (χ3n) is 4.23. The normalized spacial score (nSPS) is 16.9. The van der Waals surface area contributed by atoms with Crippen molar-refractivity contribution in [1.82, 2.24) is 9.88 Å². The number of urea groups is 1. The summed E-state index contributed by atoms with van der Waals surface area (Å²) in [5.74, 6) is -0.867. The van der Waals surface area contributed by atoms with Gasteiger partial charge < -0.3 is 10.0 Å². The minimum atomic E-state index is -0.855. The molecule has 2 amide bonds. The molecule has 6 heteroatoms. The van der Waals surface area contributed by atoms with E-state index in [0.717, 1.165) is 16.8 Å². The minimum Gasteiger partial charge on any atom is -0.481 e. The van der Waals surface area contributed by atoms with E-state index in [2.05, 4.69) is 10.3 Å². The topological polar surface area (TPSA) is 82.5 Å². The first-order chi connectivity index (χ1) is 11.5. The molecule has 24 heavy (non-hydrogen) atoms. The van der Waals surface area contributed by atoms with Crippen molar-refractivity contribution in [3.63, 3.8) is 0 Å². The van der Waals surface area contributed by atoms with Gasteiger partial charge in [0.25, 0.3) is 0 Å². The summed E-state index contributed by atoms with van der Waals surface area (Å²) in [7, 11) is 0. The van der Waals surface area contributed by atoms with E-state index in [1.807, 2.05) is 43.3 Å². The van der Waals surface area contributed by atoms with Crippen LogP contribution in [0.25, 0.3) is 11.1 Å². The number of carboxylic acid groups (broad SMARTS) is 1. The molecular weight excluding hydrogens is 306 g/mol. The number of carbonyl (C=O) groups is 2. The summed E-state index contributed by atoms with van der Waals surface area (Å²) in [6.45, 7) is 2.58. The van der Waals surface area contributed by atoms with Crippen molar-refractivity contribution in [2.75, 3.05) is 18.4 Å². The van der Waals surface area contributed by atoms with Crippen molar-refractivity contribution < 1.29 is 14.7 Å². The molecule has 3 rings (SSSR count). The number of pyridine rings is 1. The predicted octanol–water partition coefficient (Wildman–Crippen LogP) is 3.00. The van der Waals surface area contributed by atoms with Gasteiger partial charge >= 0.3 is 12.0 Å². The molecule has 2 heterocycles. The Hall–Kier alpha value is -2.89. The molecule has 1 aromatic heterocycles. The number of amides is 2. The van der Waals surface area contributed by atoms with Gasteiger partial charge in [0.15, 0.2) is 0 Å².